The van der Waals surface area contributed by atoms with Crippen molar-refractivity contribution < 1.29 is 0 Å². The number of pyridine rings is 1. The van der Waals surface area contributed by atoms with Gasteiger partial charge in [-0.2, -0.15) is 5.10 Å². The van der Waals surface area contributed by atoms with Crippen LogP contribution in [0.25, 0.3) is 0 Å². The molecule has 1 fully saturated rings. The quantitative estimate of drug-likeness (QED) is 0.840. The number of rotatable bonds is 3. The second-order valence-electron chi connectivity index (χ2n) is 7.75. The van der Waals surface area contributed by atoms with Crippen molar-refractivity contribution in [1.29, 1.82) is 0 Å². The van der Waals surface area contributed by atoms with Crippen LogP contribution in [0.3, 0.4) is 0 Å². The van der Waals surface area contributed by atoms with Gasteiger partial charge in [0.25, 0.3) is 5.56 Å². The van der Waals surface area contributed by atoms with Crippen molar-refractivity contribution in [1.82, 2.24) is 14.8 Å². The molecule has 0 N–H and O–H groups in total. The summed E-state index contributed by atoms with van der Waals surface area (Å²) in [6, 6.07) is 5.44. The van der Waals surface area contributed by atoms with Crippen LogP contribution in [-0.4, -0.2) is 27.9 Å². The zero-order chi connectivity index (χ0) is 18.0. The van der Waals surface area contributed by atoms with Gasteiger partial charge < -0.3 is 4.90 Å². The molecule has 134 valence electrons. The van der Waals surface area contributed by atoms with Gasteiger partial charge in [-0.3, -0.25) is 9.78 Å². The Morgan fingerprint density at radius 2 is 1.92 bits per heavy atom. The van der Waals surface area contributed by atoms with E-state index in [1.54, 1.807) is 23.1 Å². The summed E-state index contributed by atoms with van der Waals surface area (Å²) in [5.74, 6) is 0.456. The van der Waals surface area contributed by atoms with E-state index in [-0.39, 0.29) is 11.0 Å². The first-order valence-corrected chi connectivity index (χ1v) is 9.15. The Morgan fingerprint density at radius 3 is 2.56 bits per heavy atom. The molecule has 0 aromatic carbocycles. The van der Waals surface area contributed by atoms with Crippen molar-refractivity contribution in [2.75, 3.05) is 18.0 Å². The van der Waals surface area contributed by atoms with Gasteiger partial charge in [-0.05, 0) is 30.9 Å². The van der Waals surface area contributed by atoms with Crippen molar-refractivity contribution in [2.24, 2.45) is 5.92 Å². The number of hydrogen-bond acceptors (Lipinski definition) is 4. The third kappa shape index (κ3) is 4.21. The van der Waals surface area contributed by atoms with Gasteiger partial charge in [0.05, 0.1) is 16.4 Å². The number of piperidine rings is 1. The van der Waals surface area contributed by atoms with Crippen molar-refractivity contribution >= 4 is 17.3 Å². The monoisotopic (exact) mass is 360 g/mol. The largest absolute Gasteiger partial charge is 0.370 e. The van der Waals surface area contributed by atoms with Crippen LogP contribution in [0.5, 0.6) is 0 Å². The Hall–Kier alpha value is -1.88. The molecule has 1 aliphatic rings. The zero-order valence-electron chi connectivity index (χ0n) is 15.1. The van der Waals surface area contributed by atoms with Gasteiger partial charge in [0.15, 0.2) is 0 Å². The lowest BCUT2D eigenvalue weighted by Crippen LogP contribution is -2.37. The third-order valence-corrected chi connectivity index (χ3v) is 5.06. The van der Waals surface area contributed by atoms with Gasteiger partial charge in [-0.1, -0.05) is 32.4 Å². The molecule has 0 bridgehead atoms. The standard InChI is InChI=1S/C19H25ClN4O/c1-19(2,3)17-4-5-18(25)24(22-17)13-14-7-10-23(11-8-14)16-6-9-21-12-15(16)20/h4-6,9,12,14H,7-8,10-11,13H2,1-3H3. The number of nitrogens with zero attached hydrogens (tertiary/aromatic N) is 4. The van der Waals surface area contributed by atoms with Crippen LogP contribution in [0.1, 0.15) is 39.3 Å². The topological polar surface area (TPSA) is 51.0 Å². The molecule has 6 heteroatoms. The molecule has 0 spiro atoms. The van der Waals surface area contributed by atoms with E-state index in [4.69, 9.17) is 11.6 Å². The van der Waals surface area contributed by atoms with E-state index < -0.39 is 0 Å². The number of anilines is 1. The fourth-order valence-electron chi connectivity index (χ4n) is 3.21. The molecule has 2 aromatic rings. The average molecular weight is 361 g/mol. The van der Waals surface area contributed by atoms with E-state index in [1.165, 1.54) is 0 Å². The molecule has 0 saturated carbocycles. The summed E-state index contributed by atoms with van der Waals surface area (Å²) >= 11 is 6.25. The van der Waals surface area contributed by atoms with E-state index in [0.29, 0.717) is 17.5 Å². The maximum Gasteiger partial charge on any atom is 0.266 e. The van der Waals surface area contributed by atoms with E-state index in [9.17, 15) is 4.79 Å². The van der Waals surface area contributed by atoms with Crippen molar-refractivity contribution in [3.63, 3.8) is 0 Å². The van der Waals surface area contributed by atoms with E-state index in [2.05, 4.69) is 35.8 Å². The first-order valence-electron chi connectivity index (χ1n) is 8.78. The minimum absolute atomic E-state index is 0.0207. The van der Waals surface area contributed by atoms with Crippen molar-refractivity contribution in [3.8, 4) is 0 Å². The molecular weight excluding hydrogens is 336 g/mol. The van der Waals surface area contributed by atoms with Crippen LogP contribution in [0.2, 0.25) is 5.02 Å². The summed E-state index contributed by atoms with van der Waals surface area (Å²) in [6.45, 7) is 8.88. The van der Waals surface area contributed by atoms with Gasteiger partial charge in [0.2, 0.25) is 0 Å². The third-order valence-electron chi connectivity index (χ3n) is 4.77. The van der Waals surface area contributed by atoms with Gasteiger partial charge in [-0.25, -0.2) is 4.68 Å². The first kappa shape index (κ1) is 17.9. The lowest BCUT2D eigenvalue weighted by atomic mass is 9.92. The van der Waals surface area contributed by atoms with Crippen LogP contribution in [0.15, 0.2) is 35.4 Å². The summed E-state index contributed by atoms with van der Waals surface area (Å²) in [4.78, 5) is 18.5. The lowest BCUT2D eigenvalue weighted by Gasteiger charge is -2.34. The Bertz CT molecular complexity index is 788. The molecule has 0 unspecified atom stereocenters. The molecule has 0 atom stereocenters. The molecule has 2 aromatic heterocycles. The Balaban J connectivity index is 1.67. The van der Waals surface area contributed by atoms with Crippen LogP contribution in [0.4, 0.5) is 5.69 Å². The maximum atomic E-state index is 12.2. The van der Waals surface area contributed by atoms with Gasteiger partial charge >= 0.3 is 0 Å². The fraction of sp³-hybridized carbons (Fsp3) is 0.526. The molecule has 1 aliphatic heterocycles. The smallest absolute Gasteiger partial charge is 0.266 e. The SMILES string of the molecule is CC(C)(C)c1ccc(=O)n(CC2CCN(c3ccncc3Cl)CC2)n1. The summed E-state index contributed by atoms with van der Waals surface area (Å²) in [5.41, 5.74) is 1.91. The average Bonchev–Trinajstić information content (AvgIpc) is 2.57. The molecule has 5 nitrogen and oxygen atoms in total. The number of hydrogen-bond donors (Lipinski definition) is 0. The van der Waals surface area contributed by atoms with Crippen LogP contribution < -0.4 is 10.5 Å². The first-order chi connectivity index (χ1) is 11.8. The van der Waals surface area contributed by atoms with Gasteiger partial charge in [-0.15, -0.1) is 0 Å². The molecule has 3 rings (SSSR count). The predicted octanol–water partition coefficient (Wildman–Crippen LogP) is 3.51. The fourth-order valence-corrected chi connectivity index (χ4v) is 3.44. The summed E-state index contributed by atoms with van der Waals surface area (Å²) < 4.78 is 1.64. The van der Waals surface area contributed by atoms with E-state index in [0.717, 1.165) is 37.3 Å². The van der Waals surface area contributed by atoms with Crippen LogP contribution >= 0.6 is 11.6 Å². The summed E-state index contributed by atoms with van der Waals surface area (Å²) in [5, 5.41) is 5.28. The molecular formula is C19H25ClN4O. The molecule has 1 saturated heterocycles. The number of aromatic nitrogens is 3. The summed E-state index contributed by atoms with van der Waals surface area (Å²) in [6.07, 6.45) is 5.50. The second-order valence-corrected chi connectivity index (χ2v) is 8.15. The highest BCUT2D eigenvalue weighted by Crippen LogP contribution is 2.29. The summed E-state index contributed by atoms with van der Waals surface area (Å²) in [7, 11) is 0. The molecule has 3 heterocycles. The Kier molecular flexibility index (Phi) is 5.13. The van der Waals surface area contributed by atoms with Crippen LogP contribution in [-0.2, 0) is 12.0 Å². The predicted molar refractivity (Wildman–Crippen MR) is 101 cm³/mol. The Morgan fingerprint density at radius 1 is 1.20 bits per heavy atom. The molecule has 0 radical (unpaired) electrons. The highest BCUT2D eigenvalue weighted by Gasteiger charge is 2.23. The van der Waals surface area contributed by atoms with Gasteiger partial charge in [0, 0.05) is 43.5 Å². The van der Waals surface area contributed by atoms with E-state index in [1.807, 2.05) is 12.1 Å². The molecule has 25 heavy (non-hydrogen) atoms. The normalized spacial score (nSPS) is 16.2. The lowest BCUT2D eigenvalue weighted by molar-refractivity contribution is 0.330. The number of halogens is 1. The van der Waals surface area contributed by atoms with Crippen molar-refractivity contribution in [2.45, 2.75) is 45.6 Å². The minimum atomic E-state index is -0.0586. The Labute approximate surface area is 153 Å². The van der Waals surface area contributed by atoms with E-state index >= 15 is 0 Å². The second kappa shape index (κ2) is 7.16. The minimum Gasteiger partial charge on any atom is -0.370 e. The zero-order valence-corrected chi connectivity index (χ0v) is 15.8. The maximum absolute atomic E-state index is 12.2. The van der Waals surface area contributed by atoms with Crippen molar-refractivity contribution in [3.05, 3.63) is 51.7 Å². The highest BCUT2D eigenvalue weighted by molar-refractivity contribution is 6.33. The molecule has 0 aliphatic carbocycles. The molecule has 0 amide bonds. The van der Waals surface area contributed by atoms with Crippen LogP contribution in [0, 0.1) is 5.92 Å². The van der Waals surface area contributed by atoms with Gasteiger partial charge in [0.1, 0.15) is 0 Å². The highest BCUT2D eigenvalue weighted by atomic mass is 35.5.